The van der Waals surface area contributed by atoms with Crippen LogP contribution < -0.4 is 0 Å². The Bertz CT molecular complexity index is 391. The van der Waals surface area contributed by atoms with Crippen molar-refractivity contribution in [3.63, 3.8) is 0 Å². The number of carboxylic acids is 1. The number of hydrogen-bond donors (Lipinski definition) is 1. The lowest BCUT2D eigenvalue weighted by molar-refractivity contribution is -0.145. The summed E-state index contributed by atoms with van der Waals surface area (Å²) in [6.45, 7) is 3.06. The van der Waals surface area contributed by atoms with E-state index < -0.39 is 5.97 Å². The van der Waals surface area contributed by atoms with Gasteiger partial charge in [-0.25, -0.2) is 0 Å². The van der Waals surface area contributed by atoms with E-state index in [9.17, 15) is 9.90 Å². The van der Waals surface area contributed by atoms with Gasteiger partial charge in [0.05, 0.1) is 0 Å². The molecule has 3 nitrogen and oxygen atoms in total. The Kier molecular flexibility index (Phi) is 5.40. The van der Waals surface area contributed by atoms with E-state index in [-0.39, 0.29) is 12.1 Å². The Balaban J connectivity index is 2.21. The summed E-state index contributed by atoms with van der Waals surface area (Å²) in [7, 11) is 0. The second-order valence-corrected chi connectivity index (χ2v) is 6.21. The second-order valence-electron chi connectivity index (χ2n) is 5.23. The molecule has 0 aromatic carbocycles. The van der Waals surface area contributed by atoms with E-state index in [1.807, 2.05) is 0 Å². The molecular formula is C15H23NO2S. The fourth-order valence-corrected chi connectivity index (χ4v) is 3.96. The maximum Gasteiger partial charge on any atom is 0.320 e. The summed E-state index contributed by atoms with van der Waals surface area (Å²) in [5.74, 6) is -0.656. The molecule has 1 fully saturated rings. The molecule has 2 unspecified atom stereocenters. The topological polar surface area (TPSA) is 40.5 Å². The summed E-state index contributed by atoms with van der Waals surface area (Å²) in [6.07, 6.45) is 6.32. The Morgan fingerprint density at radius 3 is 2.89 bits per heavy atom. The maximum absolute atomic E-state index is 11.6. The smallest absolute Gasteiger partial charge is 0.320 e. The van der Waals surface area contributed by atoms with Gasteiger partial charge in [-0.2, -0.15) is 0 Å². The third kappa shape index (κ3) is 3.57. The SMILES string of the molecule is CCC(c1cccs1)N1CCCCCCC1C(=O)O. The van der Waals surface area contributed by atoms with Crippen molar-refractivity contribution < 1.29 is 9.90 Å². The summed E-state index contributed by atoms with van der Waals surface area (Å²) in [4.78, 5) is 15.1. The zero-order chi connectivity index (χ0) is 13.7. The normalized spacial score (nSPS) is 23.5. The third-order valence-electron chi connectivity index (χ3n) is 3.99. The largest absolute Gasteiger partial charge is 0.480 e. The molecule has 0 amide bonds. The molecular weight excluding hydrogens is 258 g/mol. The lowest BCUT2D eigenvalue weighted by Crippen LogP contribution is -2.44. The number of nitrogens with zero attached hydrogens (tertiary/aromatic N) is 1. The van der Waals surface area contributed by atoms with Gasteiger partial charge in [-0.15, -0.1) is 11.3 Å². The quantitative estimate of drug-likeness (QED) is 0.909. The lowest BCUT2D eigenvalue weighted by Gasteiger charge is -2.36. The average Bonchev–Trinajstić information content (AvgIpc) is 2.86. The predicted molar refractivity (Wildman–Crippen MR) is 78.6 cm³/mol. The molecule has 1 saturated heterocycles. The van der Waals surface area contributed by atoms with Crippen molar-refractivity contribution in [3.8, 4) is 0 Å². The van der Waals surface area contributed by atoms with Crippen LogP contribution in [0.5, 0.6) is 0 Å². The zero-order valence-corrected chi connectivity index (χ0v) is 12.4. The first-order valence-electron chi connectivity index (χ1n) is 7.26. The van der Waals surface area contributed by atoms with Crippen LogP contribution in [0.25, 0.3) is 0 Å². The summed E-state index contributed by atoms with van der Waals surface area (Å²) < 4.78 is 0. The third-order valence-corrected chi connectivity index (χ3v) is 4.96. The fourth-order valence-electron chi connectivity index (χ4n) is 3.03. The van der Waals surface area contributed by atoms with E-state index in [1.54, 1.807) is 11.3 Å². The Hall–Kier alpha value is -0.870. The Morgan fingerprint density at radius 1 is 1.47 bits per heavy atom. The van der Waals surface area contributed by atoms with Gasteiger partial charge in [0.1, 0.15) is 6.04 Å². The van der Waals surface area contributed by atoms with Crippen molar-refractivity contribution >= 4 is 17.3 Å². The van der Waals surface area contributed by atoms with E-state index in [1.165, 1.54) is 17.7 Å². The van der Waals surface area contributed by atoms with Crippen LogP contribution in [0.4, 0.5) is 0 Å². The molecule has 2 atom stereocenters. The van der Waals surface area contributed by atoms with Gasteiger partial charge in [0.15, 0.2) is 0 Å². The molecule has 1 aliphatic heterocycles. The summed E-state index contributed by atoms with van der Waals surface area (Å²) in [5, 5.41) is 11.6. The minimum Gasteiger partial charge on any atom is -0.480 e. The molecule has 1 N–H and O–H groups in total. The molecule has 19 heavy (non-hydrogen) atoms. The minimum absolute atomic E-state index is 0.263. The van der Waals surface area contributed by atoms with Crippen LogP contribution in [0.1, 0.15) is 56.4 Å². The number of carbonyl (C=O) groups is 1. The number of hydrogen-bond acceptors (Lipinski definition) is 3. The highest BCUT2D eigenvalue weighted by Gasteiger charge is 2.31. The average molecular weight is 281 g/mol. The standard InChI is InChI=1S/C15H23NO2S/c1-2-12(14-9-7-11-19-14)16-10-6-4-3-5-8-13(16)15(17)18/h7,9,11-13H,2-6,8,10H2,1H3,(H,17,18). The van der Waals surface area contributed by atoms with Crippen molar-refractivity contribution in [1.29, 1.82) is 0 Å². The van der Waals surface area contributed by atoms with Crippen LogP contribution in [-0.4, -0.2) is 28.6 Å². The van der Waals surface area contributed by atoms with Gasteiger partial charge in [-0.3, -0.25) is 9.69 Å². The molecule has 0 spiro atoms. The Labute approximate surface area is 119 Å². The van der Waals surface area contributed by atoms with Gasteiger partial charge in [0.25, 0.3) is 0 Å². The van der Waals surface area contributed by atoms with Crippen LogP contribution in [-0.2, 0) is 4.79 Å². The second kappa shape index (κ2) is 7.06. The van der Waals surface area contributed by atoms with Crippen molar-refractivity contribution in [2.75, 3.05) is 6.54 Å². The number of rotatable bonds is 4. The molecule has 106 valence electrons. The van der Waals surface area contributed by atoms with E-state index in [2.05, 4.69) is 29.3 Å². The molecule has 4 heteroatoms. The van der Waals surface area contributed by atoms with Gasteiger partial charge in [0.2, 0.25) is 0 Å². The van der Waals surface area contributed by atoms with Crippen molar-refractivity contribution in [2.24, 2.45) is 0 Å². The molecule has 1 aromatic rings. The Morgan fingerprint density at radius 2 is 2.26 bits per heavy atom. The maximum atomic E-state index is 11.6. The lowest BCUT2D eigenvalue weighted by atomic mass is 9.98. The van der Waals surface area contributed by atoms with Gasteiger partial charge < -0.3 is 5.11 Å². The van der Waals surface area contributed by atoms with Crippen LogP contribution in [0.3, 0.4) is 0 Å². The first-order chi connectivity index (χ1) is 9.24. The number of likely N-dealkylation sites (tertiary alicyclic amines) is 1. The molecule has 1 aromatic heterocycles. The van der Waals surface area contributed by atoms with Crippen LogP contribution in [0.15, 0.2) is 17.5 Å². The molecule has 0 bridgehead atoms. The summed E-state index contributed by atoms with van der Waals surface area (Å²) in [5.41, 5.74) is 0. The van der Waals surface area contributed by atoms with Crippen LogP contribution in [0, 0.1) is 0 Å². The van der Waals surface area contributed by atoms with E-state index in [4.69, 9.17) is 0 Å². The van der Waals surface area contributed by atoms with Crippen molar-refractivity contribution in [2.45, 2.75) is 57.5 Å². The predicted octanol–water partition coefficient (Wildman–Crippen LogP) is 3.92. The highest BCUT2D eigenvalue weighted by molar-refractivity contribution is 7.10. The molecule has 2 heterocycles. The first-order valence-corrected chi connectivity index (χ1v) is 8.14. The monoisotopic (exact) mass is 281 g/mol. The molecule has 2 rings (SSSR count). The van der Waals surface area contributed by atoms with Gasteiger partial charge >= 0.3 is 5.97 Å². The minimum atomic E-state index is -0.656. The highest BCUT2D eigenvalue weighted by Crippen LogP contribution is 2.32. The molecule has 1 aliphatic rings. The fraction of sp³-hybridized carbons (Fsp3) is 0.667. The van der Waals surface area contributed by atoms with Crippen LogP contribution >= 0.6 is 11.3 Å². The number of thiophene rings is 1. The first kappa shape index (κ1) is 14.5. The van der Waals surface area contributed by atoms with Crippen molar-refractivity contribution in [1.82, 2.24) is 4.90 Å². The molecule has 0 aliphatic carbocycles. The van der Waals surface area contributed by atoms with Crippen molar-refractivity contribution in [3.05, 3.63) is 22.4 Å². The number of carboxylic acid groups (broad SMARTS) is 1. The zero-order valence-electron chi connectivity index (χ0n) is 11.5. The van der Waals surface area contributed by atoms with Crippen LogP contribution in [0.2, 0.25) is 0 Å². The van der Waals surface area contributed by atoms with E-state index in [0.717, 1.165) is 32.2 Å². The molecule has 0 saturated carbocycles. The van der Waals surface area contributed by atoms with Gasteiger partial charge in [-0.05, 0) is 37.3 Å². The summed E-state index contributed by atoms with van der Waals surface area (Å²) in [6, 6.07) is 4.14. The summed E-state index contributed by atoms with van der Waals surface area (Å²) >= 11 is 1.74. The van der Waals surface area contributed by atoms with Gasteiger partial charge in [0, 0.05) is 10.9 Å². The molecule has 0 radical (unpaired) electrons. The van der Waals surface area contributed by atoms with E-state index >= 15 is 0 Å². The van der Waals surface area contributed by atoms with Gasteiger partial charge in [-0.1, -0.05) is 32.3 Å². The van der Waals surface area contributed by atoms with E-state index in [0.29, 0.717) is 0 Å². The highest BCUT2D eigenvalue weighted by atomic mass is 32.1. The number of aliphatic carboxylic acids is 1.